The quantitative estimate of drug-likeness (QED) is 0.815. The van der Waals surface area contributed by atoms with E-state index in [0.717, 1.165) is 18.7 Å². The van der Waals surface area contributed by atoms with E-state index < -0.39 is 0 Å². The zero-order valence-electron chi connectivity index (χ0n) is 12.6. The van der Waals surface area contributed by atoms with Crippen LogP contribution in [0.25, 0.3) is 0 Å². The first-order chi connectivity index (χ1) is 10.1. The Bertz CT molecular complexity index is 569. The molecule has 0 spiro atoms. The molecule has 0 aromatic heterocycles. The van der Waals surface area contributed by atoms with E-state index in [1.165, 1.54) is 11.1 Å². The van der Waals surface area contributed by atoms with E-state index in [-0.39, 0.29) is 0 Å². The lowest BCUT2D eigenvalue weighted by molar-refractivity contribution is 0.305. The first kappa shape index (κ1) is 15.9. The summed E-state index contributed by atoms with van der Waals surface area (Å²) >= 11 is 5.97. The lowest BCUT2D eigenvalue weighted by atomic mass is 10.1. The summed E-state index contributed by atoms with van der Waals surface area (Å²) in [7, 11) is 0. The molecule has 0 heterocycles. The van der Waals surface area contributed by atoms with Gasteiger partial charge in [0.05, 0.1) is 0 Å². The predicted molar refractivity (Wildman–Crippen MR) is 89.1 cm³/mol. The molecule has 0 saturated heterocycles. The van der Waals surface area contributed by atoms with Crippen LogP contribution in [-0.2, 0) is 13.0 Å². The van der Waals surface area contributed by atoms with Crippen molar-refractivity contribution in [2.75, 3.05) is 6.54 Å². The van der Waals surface area contributed by atoms with Crippen molar-refractivity contribution in [1.82, 2.24) is 5.32 Å². The van der Waals surface area contributed by atoms with Crippen LogP contribution in [0.3, 0.4) is 0 Å². The summed E-state index contributed by atoms with van der Waals surface area (Å²) < 4.78 is 5.84. The first-order valence-electron chi connectivity index (χ1n) is 7.33. The van der Waals surface area contributed by atoms with Crippen molar-refractivity contribution >= 4 is 11.6 Å². The van der Waals surface area contributed by atoms with E-state index in [0.29, 0.717) is 17.7 Å². The monoisotopic (exact) mass is 303 g/mol. The molecule has 21 heavy (non-hydrogen) atoms. The van der Waals surface area contributed by atoms with Gasteiger partial charge in [0.1, 0.15) is 12.4 Å². The van der Waals surface area contributed by atoms with Crippen molar-refractivity contribution in [2.45, 2.75) is 32.9 Å². The van der Waals surface area contributed by atoms with Crippen molar-refractivity contribution in [2.24, 2.45) is 0 Å². The smallest absolute Gasteiger partial charge is 0.121 e. The fourth-order valence-electron chi connectivity index (χ4n) is 2.16. The van der Waals surface area contributed by atoms with Gasteiger partial charge in [-0.2, -0.15) is 0 Å². The second kappa shape index (κ2) is 8.06. The molecule has 0 aliphatic carbocycles. The van der Waals surface area contributed by atoms with Crippen molar-refractivity contribution in [3.05, 3.63) is 64.7 Å². The van der Waals surface area contributed by atoms with Gasteiger partial charge in [0.2, 0.25) is 0 Å². The van der Waals surface area contributed by atoms with Gasteiger partial charge in [-0.05, 0) is 42.3 Å². The fourth-order valence-corrected chi connectivity index (χ4v) is 2.34. The molecule has 3 heteroatoms. The topological polar surface area (TPSA) is 21.3 Å². The zero-order chi connectivity index (χ0) is 15.1. The lowest BCUT2D eigenvalue weighted by Gasteiger charge is -2.13. The molecule has 0 amide bonds. The van der Waals surface area contributed by atoms with Gasteiger partial charge < -0.3 is 10.1 Å². The molecule has 0 radical (unpaired) electrons. The minimum atomic E-state index is 0.514. The van der Waals surface area contributed by atoms with E-state index in [9.17, 15) is 0 Å². The molecule has 0 fully saturated rings. The van der Waals surface area contributed by atoms with Gasteiger partial charge in [0, 0.05) is 11.1 Å². The zero-order valence-corrected chi connectivity index (χ0v) is 13.4. The van der Waals surface area contributed by atoms with E-state index in [1.807, 2.05) is 24.3 Å². The Balaban J connectivity index is 1.96. The van der Waals surface area contributed by atoms with Crippen LogP contribution in [0, 0.1) is 0 Å². The summed E-state index contributed by atoms with van der Waals surface area (Å²) in [6, 6.07) is 16.4. The second-order valence-electron chi connectivity index (χ2n) is 5.37. The number of benzene rings is 2. The van der Waals surface area contributed by atoms with E-state index in [4.69, 9.17) is 16.3 Å². The molecule has 112 valence electrons. The van der Waals surface area contributed by atoms with Crippen LogP contribution in [0.2, 0.25) is 5.02 Å². The van der Waals surface area contributed by atoms with Crippen LogP contribution >= 0.6 is 11.6 Å². The Kier molecular flexibility index (Phi) is 6.09. The number of hydrogen-bond acceptors (Lipinski definition) is 2. The highest BCUT2D eigenvalue weighted by Gasteiger charge is 2.04. The van der Waals surface area contributed by atoms with E-state index >= 15 is 0 Å². The van der Waals surface area contributed by atoms with Crippen molar-refractivity contribution in [3.63, 3.8) is 0 Å². The Morgan fingerprint density at radius 3 is 2.52 bits per heavy atom. The standard InChI is InChI=1S/C18H22ClNO/c1-14(2)20-11-10-15-6-3-4-7-16(15)13-21-18-9-5-8-17(19)12-18/h3-9,12,14,20H,10-11,13H2,1-2H3. The number of nitrogens with one attached hydrogen (secondary N) is 1. The fraction of sp³-hybridized carbons (Fsp3) is 0.333. The highest BCUT2D eigenvalue weighted by atomic mass is 35.5. The Morgan fingerprint density at radius 2 is 1.81 bits per heavy atom. The predicted octanol–water partition coefficient (Wildman–Crippen LogP) is 4.46. The van der Waals surface area contributed by atoms with Crippen molar-refractivity contribution in [1.29, 1.82) is 0 Å². The first-order valence-corrected chi connectivity index (χ1v) is 7.71. The van der Waals surface area contributed by atoms with E-state index in [2.05, 4.69) is 43.4 Å². The number of hydrogen-bond donors (Lipinski definition) is 1. The maximum Gasteiger partial charge on any atom is 0.121 e. The minimum Gasteiger partial charge on any atom is -0.489 e. The van der Waals surface area contributed by atoms with Crippen molar-refractivity contribution in [3.8, 4) is 5.75 Å². The maximum absolute atomic E-state index is 5.97. The highest BCUT2D eigenvalue weighted by Crippen LogP contribution is 2.19. The number of halogens is 1. The third kappa shape index (κ3) is 5.41. The Labute approximate surface area is 132 Å². The summed E-state index contributed by atoms with van der Waals surface area (Å²) in [5, 5.41) is 4.14. The van der Waals surface area contributed by atoms with E-state index in [1.54, 1.807) is 0 Å². The Hall–Kier alpha value is -1.51. The van der Waals surface area contributed by atoms with Gasteiger partial charge in [-0.15, -0.1) is 0 Å². The summed E-state index contributed by atoms with van der Waals surface area (Å²) in [5.74, 6) is 0.803. The number of ether oxygens (including phenoxy) is 1. The van der Waals surface area contributed by atoms with Crippen LogP contribution in [0.1, 0.15) is 25.0 Å². The number of rotatable bonds is 7. The van der Waals surface area contributed by atoms with Crippen LogP contribution < -0.4 is 10.1 Å². The molecule has 2 aromatic carbocycles. The van der Waals surface area contributed by atoms with Crippen LogP contribution in [-0.4, -0.2) is 12.6 Å². The molecular formula is C18H22ClNO. The SMILES string of the molecule is CC(C)NCCc1ccccc1COc1cccc(Cl)c1. The molecular weight excluding hydrogens is 282 g/mol. The van der Waals surface area contributed by atoms with Crippen LogP contribution in [0.5, 0.6) is 5.75 Å². The Morgan fingerprint density at radius 1 is 1.05 bits per heavy atom. The average Bonchev–Trinajstić information content (AvgIpc) is 2.46. The summed E-state index contributed by atoms with van der Waals surface area (Å²) in [6.45, 7) is 5.87. The van der Waals surface area contributed by atoms with Gasteiger partial charge in [0.25, 0.3) is 0 Å². The molecule has 0 atom stereocenters. The highest BCUT2D eigenvalue weighted by molar-refractivity contribution is 6.30. The maximum atomic E-state index is 5.97. The molecule has 1 N–H and O–H groups in total. The summed E-state index contributed by atoms with van der Waals surface area (Å²) in [4.78, 5) is 0. The molecule has 0 aliphatic heterocycles. The molecule has 0 unspecified atom stereocenters. The van der Waals surface area contributed by atoms with Gasteiger partial charge in [-0.1, -0.05) is 55.8 Å². The van der Waals surface area contributed by atoms with Gasteiger partial charge >= 0.3 is 0 Å². The molecule has 2 rings (SSSR count). The minimum absolute atomic E-state index is 0.514. The summed E-state index contributed by atoms with van der Waals surface area (Å²) in [6.07, 6.45) is 1.01. The van der Waals surface area contributed by atoms with Crippen molar-refractivity contribution < 1.29 is 4.74 Å². The molecule has 0 saturated carbocycles. The third-order valence-corrected chi connectivity index (χ3v) is 3.49. The van der Waals surface area contributed by atoms with Crippen LogP contribution in [0.15, 0.2) is 48.5 Å². The molecule has 0 bridgehead atoms. The second-order valence-corrected chi connectivity index (χ2v) is 5.81. The lowest BCUT2D eigenvalue weighted by Crippen LogP contribution is -2.25. The van der Waals surface area contributed by atoms with Gasteiger partial charge in [0.15, 0.2) is 0 Å². The molecule has 2 nitrogen and oxygen atoms in total. The van der Waals surface area contributed by atoms with Gasteiger partial charge in [-0.25, -0.2) is 0 Å². The van der Waals surface area contributed by atoms with Gasteiger partial charge in [-0.3, -0.25) is 0 Å². The largest absolute Gasteiger partial charge is 0.489 e. The third-order valence-electron chi connectivity index (χ3n) is 3.26. The molecule has 0 aliphatic rings. The average molecular weight is 304 g/mol. The van der Waals surface area contributed by atoms with Crippen LogP contribution in [0.4, 0.5) is 0 Å². The summed E-state index contributed by atoms with van der Waals surface area (Å²) in [5.41, 5.74) is 2.55. The normalized spacial score (nSPS) is 10.9. The molecule has 2 aromatic rings.